The molecule has 1 saturated carbocycles. The molecule has 1 aromatic rings. The van der Waals surface area contributed by atoms with E-state index in [9.17, 15) is 0 Å². The number of hydrogen-bond acceptors (Lipinski definition) is 5. The Hall–Kier alpha value is -1.20. The summed E-state index contributed by atoms with van der Waals surface area (Å²) in [6.45, 7) is 6.92. The summed E-state index contributed by atoms with van der Waals surface area (Å²) in [5.41, 5.74) is 1.03. The fourth-order valence-electron chi connectivity index (χ4n) is 2.71. The molecule has 110 valence electrons. The highest BCUT2D eigenvalue weighted by Gasteiger charge is 2.28. The van der Waals surface area contributed by atoms with Gasteiger partial charge in [-0.05, 0) is 32.7 Å². The Morgan fingerprint density at radius 1 is 1.35 bits per heavy atom. The molecule has 1 atom stereocenters. The maximum absolute atomic E-state index is 5.91. The van der Waals surface area contributed by atoms with E-state index in [1.54, 1.807) is 6.33 Å². The largest absolute Gasteiger partial charge is 0.374 e. The maximum Gasteiger partial charge on any atom is 0.132 e. The van der Waals surface area contributed by atoms with Gasteiger partial charge in [-0.1, -0.05) is 0 Å². The smallest absolute Gasteiger partial charge is 0.132 e. The van der Waals surface area contributed by atoms with E-state index in [-0.39, 0.29) is 6.10 Å². The molecule has 2 aliphatic rings. The second-order valence-corrected chi connectivity index (χ2v) is 6.12. The van der Waals surface area contributed by atoms with Crippen LogP contribution >= 0.6 is 0 Å². The molecule has 1 aliphatic heterocycles. The number of aryl methyl sites for hydroxylation is 1. The Kier molecular flexibility index (Phi) is 4.17. The summed E-state index contributed by atoms with van der Waals surface area (Å²) in [6, 6.07) is 2.08. The Bertz CT molecular complexity index is 449. The molecule has 0 unspecified atom stereocenters. The number of aromatic nitrogens is 2. The van der Waals surface area contributed by atoms with E-state index in [4.69, 9.17) is 4.74 Å². The zero-order chi connectivity index (χ0) is 13.9. The predicted molar refractivity (Wildman–Crippen MR) is 78.9 cm³/mol. The normalized spacial score (nSPS) is 23.8. The Morgan fingerprint density at radius 2 is 2.20 bits per heavy atom. The molecular weight excluding hydrogens is 252 g/mol. The lowest BCUT2D eigenvalue weighted by Crippen LogP contribution is -2.46. The molecule has 2 heterocycles. The van der Waals surface area contributed by atoms with E-state index >= 15 is 0 Å². The Labute approximate surface area is 121 Å². The van der Waals surface area contributed by atoms with E-state index in [0.717, 1.165) is 50.2 Å². The minimum atomic E-state index is 0.280. The molecular formula is C15H24N4O. The first kappa shape index (κ1) is 13.8. The highest BCUT2D eigenvalue weighted by atomic mass is 16.5. The number of ether oxygens (including phenoxy) is 1. The maximum atomic E-state index is 5.91. The van der Waals surface area contributed by atoms with Gasteiger partial charge in [-0.25, -0.2) is 9.97 Å². The summed E-state index contributed by atoms with van der Waals surface area (Å²) in [5.74, 6) is 1.88. The third kappa shape index (κ3) is 3.67. The van der Waals surface area contributed by atoms with Gasteiger partial charge in [0.25, 0.3) is 0 Å². The third-order valence-corrected chi connectivity index (χ3v) is 4.05. The molecule has 0 spiro atoms. The molecule has 5 nitrogen and oxygen atoms in total. The van der Waals surface area contributed by atoms with Crippen molar-refractivity contribution < 1.29 is 4.74 Å². The standard InChI is InChI=1S/C15H24N4O/c1-12-7-15(17-11-16-12)19(8-13-3-4-13)10-14-9-18(2)5-6-20-14/h7,11,13-14H,3-6,8-10H2,1-2H3/t14-/m0/s1. The highest BCUT2D eigenvalue weighted by Crippen LogP contribution is 2.31. The lowest BCUT2D eigenvalue weighted by atomic mass is 10.2. The molecule has 0 amide bonds. The number of rotatable bonds is 5. The van der Waals surface area contributed by atoms with Crippen LogP contribution in [0.3, 0.4) is 0 Å². The van der Waals surface area contributed by atoms with E-state index in [1.165, 1.54) is 12.8 Å². The SMILES string of the molecule is Cc1cc(N(CC2CC2)C[C@@H]2CN(C)CCO2)ncn1. The van der Waals surface area contributed by atoms with Crippen LogP contribution in [0.2, 0.25) is 0 Å². The minimum Gasteiger partial charge on any atom is -0.374 e. The molecule has 5 heteroatoms. The zero-order valence-electron chi connectivity index (χ0n) is 12.5. The average molecular weight is 276 g/mol. The van der Waals surface area contributed by atoms with Gasteiger partial charge in [-0.3, -0.25) is 0 Å². The predicted octanol–water partition coefficient (Wildman–Crippen LogP) is 1.33. The number of nitrogens with zero attached hydrogens (tertiary/aromatic N) is 4. The lowest BCUT2D eigenvalue weighted by molar-refractivity contribution is -0.0149. The Morgan fingerprint density at radius 3 is 2.90 bits per heavy atom. The topological polar surface area (TPSA) is 41.5 Å². The molecule has 0 N–H and O–H groups in total. The number of hydrogen-bond donors (Lipinski definition) is 0. The van der Waals surface area contributed by atoms with Gasteiger partial charge in [-0.15, -0.1) is 0 Å². The van der Waals surface area contributed by atoms with Crippen LogP contribution in [0.1, 0.15) is 18.5 Å². The van der Waals surface area contributed by atoms with E-state index in [2.05, 4.69) is 32.9 Å². The van der Waals surface area contributed by atoms with E-state index in [0.29, 0.717) is 0 Å². The fourth-order valence-corrected chi connectivity index (χ4v) is 2.71. The minimum absolute atomic E-state index is 0.280. The van der Waals surface area contributed by atoms with Crippen LogP contribution in [0.15, 0.2) is 12.4 Å². The van der Waals surface area contributed by atoms with Gasteiger partial charge in [0.05, 0.1) is 12.7 Å². The van der Waals surface area contributed by atoms with Crippen molar-refractivity contribution in [3.05, 3.63) is 18.1 Å². The Balaban J connectivity index is 1.68. The van der Waals surface area contributed by atoms with Crippen LogP contribution in [0, 0.1) is 12.8 Å². The van der Waals surface area contributed by atoms with Crippen molar-refractivity contribution in [2.45, 2.75) is 25.9 Å². The summed E-state index contributed by atoms with van der Waals surface area (Å²) >= 11 is 0. The van der Waals surface area contributed by atoms with Gasteiger partial charge in [-0.2, -0.15) is 0 Å². The zero-order valence-corrected chi connectivity index (χ0v) is 12.5. The molecule has 1 saturated heterocycles. The summed E-state index contributed by atoms with van der Waals surface area (Å²) < 4.78 is 5.91. The van der Waals surface area contributed by atoms with Gasteiger partial charge in [0.15, 0.2) is 0 Å². The summed E-state index contributed by atoms with van der Waals surface area (Å²) in [4.78, 5) is 13.4. The number of likely N-dealkylation sites (N-methyl/N-ethyl adjacent to an activating group) is 1. The fraction of sp³-hybridized carbons (Fsp3) is 0.733. The van der Waals surface area contributed by atoms with Crippen molar-refractivity contribution in [3.63, 3.8) is 0 Å². The molecule has 1 aromatic heterocycles. The van der Waals surface area contributed by atoms with Crippen molar-refractivity contribution in [2.75, 3.05) is 44.7 Å². The summed E-state index contributed by atoms with van der Waals surface area (Å²) in [6.07, 6.45) is 4.65. The monoisotopic (exact) mass is 276 g/mol. The molecule has 2 fully saturated rings. The van der Waals surface area contributed by atoms with Crippen LogP contribution in [0.25, 0.3) is 0 Å². The lowest BCUT2D eigenvalue weighted by Gasteiger charge is -2.34. The van der Waals surface area contributed by atoms with Crippen molar-refractivity contribution in [3.8, 4) is 0 Å². The van der Waals surface area contributed by atoms with Crippen LogP contribution in [0.4, 0.5) is 5.82 Å². The molecule has 0 bridgehead atoms. The van der Waals surface area contributed by atoms with Gasteiger partial charge in [0.2, 0.25) is 0 Å². The van der Waals surface area contributed by atoms with Crippen molar-refractivity contribution >= 4 is 5.82 Å². The van der Waals surface area contributed by atoms with Crippen LogP contribution < -0.4 is 4.90 Å². The summed E-state index contributed by atoms with van der Waals surface area (Å²) in [5, 5.41) is 0. The first-order valence-corrected chi connectivity index (χ1v) is 7.54. The second-order valence-electron chi connectivity index (χ2n) is 6.12. The van der Waals surface area contributed by atoms with Crippen LogP contribution in [-0.4, -0.2) is 60.8 Å². The highest BCUT2D eigenvalue weighted by molar-refractivity contribution is 5.39. The van der Waals surface area contributed by atoms with Gasteiger partial charge in [0, 0.05) is 37.9 Å². The number of anilines is 1. The van der Waals surface area contributed by atoms with E-state index < -0.39 is 0 Å². The molecule has 0 aromatic carbocycles. The number of morpholine rings is 1. The molecule has 1 aliphatic carbocycles. The van der Waals surface area contributed by atoms with Crippen LogP contribution in [-0.2, 0) is 4.74 Å². The van der Waals surface area contributed by atoms with E-state index in [1.807, 2.05) is 6.92 Å². The van der Waals surface area contributed by atoms with Gasteiger partial charge < -0.3 is 14.5 Å². The third-order valence-electron chi connectivity index (χ3n) is 4.05. The first-order chi connectivity index (χ1) is 9.70. The molecule has 3 rings (SSSR count). The van der Waals surface area contributed by atoms with Crippen LogP contribution in [0.5, 0.6) is 0 Å². The van der Waals surface area contributed by atoms with Gasteiger partial charge >= 0.3 is 0 Å². The molecule has 0 radical (unpaired) electrons. The molecule has 20 heavy (non-hydrogen) atoms. The van der Waals surface area contributed by atoms with Crippen molar-refractivity contribution in [1.82, 2.24) is 14.9 Å². The summed E-state index contributed by atoms with van der Waals surface area (Å²) in [7, 11) is 2.16. The second kappa shape index (κ2) is 6.06. The quantitative estimate of drug-likeness (QED) is 0.811. The average Bonchev–Trinajstić information content (AvgIpc) is 3.22. The van der Waals surface area contributed by atoms with Crippen molar-refractivity contribution in [2.24, 2.45) is 5.92 Å². The first-order valence-electron chi connectivity index (χ1n) is 7.54. The van der Waals surface area contributed by atoms with Gasteiger partial charge in [0.1, 0.15) is 12.1 Å². The van der Waals surface area contributed by atoms with Crippen molar-refractivity contribution in [1.29, 1.82) is 0 Å².